The molecule has 7 heteroatoms. The van der Waals surface area contributed by atoms with Crippen LogP contribution in [0.15, 0.2) is 48.5 Å². The number of nitrogens with zero attached hydrogens (tertiary/aromatic N) is 1. The molecule has 3 rings (SSSR count). The second-order valence-corrected chi connectivity index (χ2v) is 6.34. The van der Waals surface area contributed by atoms with Gasteiger partial charge in [0.15, 0.2) is 0 Å². The van der Waals surface area contributed by atoms with Crippen LogP contribution in [0.3, 0.4) is 0 Å². The third kappa shape index (κ3) is 3.23. The third-order valence-corrected chi connectivity index (χ3v) is 4.86. The molecule has 0 radical (unpaired) electrons. The summed E-state index contributed by atoms with van der Waals surface area (Å²) in [5.41, 5.74) is 6.83. The number of ether oxygens (including phenoxy) is 1. The van der Waals surface area contributed by atoms with Gasteiger partial charge in [-0.2, -0.15) is 5.26 Å². The number of benzene rings is 2. The van der Waals surface area contributed by atoms with Gasteiger partial charge in [-0.05, 0) is 36.4 Å². The minimum Gasteiger partial charge on any atom is -0.497 e. The number of halogens is 1. The lowest BCUT2D eigenvalue weighted by molar-refractivity contribution is 0.104. The summed E-state index contributed by atoms with van der Waals surface area (Å²) >= 11 is 1.02. The predicted molar refractivity (Wildman–Crippen MR) is 99.6 cm³/mol. The molecule has 5 nitrogen and oxygen atoms in total. The maximum atomic E-state index is 13.9. The molecule has 0 aliphatic rings. The number of nitrogen functional groups attached to an aromatic ring is 1. The first-order valence-corrected chi connectivity index (χ1v) is 8.39. The van der Waals surface area contributed by atoms with Crippen LogP contribution in [-0.2, 0) is 0 Å². The Morgan fingerprint density at radius 2 is 1.92 bits per heavy atom. The monoisotopic (exact) mass is 367 g/mol. The number of thiophene rings is 1. The Kier molecular flexibility index (Phi) is 4.87. The number of carbonyl (C=O) groups is 1. The first-order chi connectivity index (χ1) is 12.5. The highest BCUT2D eigenvalue weighted by atomic mass is 32.1. The summed E-state index contributed by atoms with van der Waals surface area (Å²) in [7, 11) is 1.54. The molecule has 0 spiro atoms. The summed E-state index contributed by atoms with van der Waals surface area (Å²) in [6.07, 6.45) is 0. The van der Waals surface area contributed by atoms with E-state index in [4.69, 9.17) is 10.5 Å². The van der Waals surface area contributed by atoms with Gasteiger partial charge in [-0.1, -0.05) is 12.1 Å². The maximum absolute atomic E-state index is 13.9. The average molecular weight is 367 g/mol. The van der Waals surface area contributed by atoms with E-state index in [9.17, 15) is 14.4 Å². The molecule has 0 aliphatic carbocycles. The number of methoxy groups -OCH3 is 1. The molecule has 26 heavy (non-hydrogen) atoms. The van der Waals surface area contributed by atoms with Crippen molar-refractivity contribution in [2.75, 3.05) is 18.2 Å². The second kappa shape index (κ2) is 7.25. The lowest BCUT2D eigenvalue weighted by atomic mass is 10.1. The zero-order valence-corrected chi connectivity index (χ0v) is 14.6. The fraction of sp³-hybridized carbons (Fsp3) is 0.0526. The fourth-order valence-corrected chi connectivity index (χ4v) is 3.42. The number of nitrogens with two attached hydrogens (primary N) is 1. The quantitative estimate of drug-likeness (QED) is 0.656. The Labute approximate surface area is 153 Å². The summed E-state index contributed by atoms with van der Waals surface area (Å²) < 4.78 is 18.9. The molecule has 130 valence electrons. The summed E-state index contributed by atoms with van der Waals surface area (Å²) in [4.78, 5) is 13.0. The minimum absolute atomic E-state index is 0.0807. The highest BCUT2D eigenvalue weighted by Gasteiger charge is 2.22. The molecule has 0 saturated carbocycles. The van der Waals surface area contributed by atoms with Crippen LogP contribution in [0.2, 0.25) is 0 Å². The Morgan fingerprint density at radius 3 is 2.54 bits per heavy atom. The first kappa shape index (κ1) is 17.5. The van der Waals surface area contributed by atoms with Gasteiger partial charge < -0.3 is 15.8 Å². The minimum atomic E-state index is -0.466. The fourth-order valence-electron chi connectivity index (χ4n) is 2.37. The summed E-state index contributed by atoms with van der Waals surface area (Å²) in [5, 5.41) is 12.6. The van der Waals surface area contributed by atoms with Gasteiger partial charge in [0.05, 0.1) is 18.5 Å². The van der Waals surface area contributed by atoms with Crippen LogP contribution in [0, 0.1) is 17.1 Å². The molecule has 0 unspecified atom stereocenters. The van der Waals surface area contributed by atoms with E-state index in [1.54, 1.807) is 36.4 Å². The van der Waals surface area contributed by atoms with Gasteiger partial charge in [0.2, 0.25) is 5.78 Å². The van der Waals surface area contributed by atoms with E-state index in [1.807, 2.05) is 6.07 Å². The van der Waals surface area contributed by atoms with Gasteiger partial charge in [0.25, 0.3) is 0 Å². The topological polar surface area (TPSA) is 88.1 Å². The second-order valence-electron chi connectivity index (χ2n) is 5.32. The molecule has 3 N–H and O–H groups in total. The smallest absolute Gasteiger partial charge is 0.205 e. The molecule has 0 aliphatic heterocycles. The van der Waals surface area contributed by atoms with E-state index >= 15 is 0 Å². The van der Waals surface area contributed by atoms with E-state index in [1.165, 1.54) is 19.2 Å². The molecule has 0 fully saturated rings. The number of ketones is 1. The average Bonchev–Trinajstić information content (AvgIpc) is 2.98. The van der Waals surface area contributed by atoms with Crippen LogP contribution in [0.1, 0.15) is 20.8 Å². The van der Waals surface area contributed by atoms with Crippen LogP contribution in [0.5, 0.6) is 5.75 Å². The number of para-hydroxylation sites is 1. The van der Waals surface area contributed by atoms with E-state index in [0.29, 0.717) is 16.3 Å². The van der Waals surface area contributed by atoms with Gasteiger partial charge in [0, 0.05) is 5.56 Å². The molecular formula is C19H14FN3O2S. The molecule has 2 aromatic carbocycles. The Bertz CT molecular complexity index is 1010. The van der Waals surface area contributed by atoms with Crippen LogP contribution in [0.4, 0.5) is 20.8 Å². The van der Waals surface area contributed by atoms with Crippen molar-refractivity contribution in [3.05, 3.63) is 70.4 Å². The van der Waals surface area contributed by atoms with E-state index in [0.717, 1.165) is 11.3 Å². The first-order valence-electron chi connectivity index (χ1n) is 7.57. The number of hydrogen-bond donors (Lipinski definition) is 2. The van der Waals surface area contributed by atoms with Crippen LogP contribution in [-0.4, -0.2) is 12.9 Å². The zero-order valence-electron chi connectivity index (χ0n) is 13.7. The van der Waals surface area contributed by atoms with Gasteiger partial charge in [-0.25, -0.2) is 4.39 Å². The number of nitrogens with one attached hydrogen (secondary N) is 1. The molecule has 0 bridgehead atoms. The summed E-state index contributed by atoms with van der Waals surface area (Å²) in [6, 6.07) is 14.6. The van der Waals surface area contributed by atoms with Gasteiger partial charge in [-0.15, -0.1) is 11.3 Å². The number of hydrogen-bond acceptors (Lipinski definition) is 6. The van der Waals surface area contributed by atoms with Crippen molar-refractivity contribution in [2.45, 2.75) is 0 Å². The van der Waals surface area contributed by atoms with Crippen LogP contribution in [0.25, 0.3) is 0 Å². The Balaban J connectivity index is 1.98. The van der Waals surface area contributed by atoms with Crippen molar-refractivity contribution in [1.82, 2.24) is 0 Å². The molecular weight excluding hydrogens is 353 g/mol. The molecule has 3 aromatic rings. The number of carbonyl (C=O) groups excluding carboxylic acids is 1. The Hall–Kier alpha value is -3.37. The van der Waals surface area contributed by atoms with E-state index < -0.39 is 5.82 Å². The van der Waals surface area contributed by atoms with E-state index in [-0.39, 0.29) is 27.6 Å². The maximum Gasteiger partial charge on any atom is 0.205 e. The number of nitriles is 1. The standard InChI is InChI=1S/C19H14FN3O2S/c1-25-12-8-6-11(7-9-12)17(24)18-16(22)13(10-21)19(26-18)23-15-5-3-2-4-14(15)20/h2-9,23H,22H2,1H3. The Morgan fingerprint density at radius 1 is 1.23 bits per heavy atom. The highest BCUT2D eigenvalue weighted by molar-refractivity contribution is 7.19. The molecule has 0 atom stereocenters. The highest BCUT2D eigenvalue weighted by Crippen LogP contribution is 2.38. The van der Waals surface area contributed by atoms with Crippen LogP contribution < -0.4 is 15.8 Å². The third-order valence-electron chi connectivity index (χ3n) is 3.74. The largest absolute Gasteiger partial charge is 0.497 e. The number of rotatable bonds is 5. The summed E-state index contributed by atoms with van der Waals surface area (Å²) in [6.45, 7) is 0. The van der Waals surface area contributed by atoms with Crippen molar-refractivity contribution in [2.24, 2.45) is 0 Å². The molecule has 0 amide bonds. The van der Waals surface area contributed by atoms with Crippen molar-refractivity contribution in [3.63, 3.8) is 0 Å². The van der Waals surface area contributed by atoms with Crippen molar-refractivity contribution >= 4 is 33.5 Å². The van der Waals surface area contributed by atoms with Crippen LogP contribution >= 0.6 is 11.3 Å². The summed E-state index contributed by atoms with van der Waals surface area (Å²) in [5.74, 6) is -0.153. The van der Waals surface area contributed by atoms with Gasteiger partial charge in [0.1, 0.15) is 33.1 Å². The van der Waals surface area contributed by atoms with Crippen molar-refractivity contribution < 1.29 is 13.9 Å². The normalized spacial score (nSPS) is 10.2. The molecule has 1 heterocycles. The lowest BCUT2D eigenvalue weighted by Gasteiger charge is -2.05. The molecule has 0 saturated heterocycles. The van der Waals surface area contributed by atoms with Gasteiger partial charge >= 0.3 is 0 Å². The number of anilines is 3. The van der Waals surface area contributed by atoms with Crippen molar-refractivity contribution in [1.29, 1.82) is 5.26 Å². The zero-order chi connectivity index (χ0) is 18.7. The predicted octanol–water partition coefficient (Wildman–Crippen LogP) is 4.32. The SMILES string of the molecule is COc1ccc(C(=O)c2sc(Nc3ccccc3F)c(C#N)c2N)cc1. The lowest BCUT2D eigenvalue weighted by Crippen LogP contribution is -2.02. The van der Waals surface area contributed by atoms with Gasteiger partial charge in [-0.3, -0.25) is 4.79 Å². The van der Waals surface area contributed by atoms with E-state index in [2.05, 4.69) is 5.32 Å². The molecule has 1 aromatic heterocycles. The van der Waals surface area contributed by atoms with Crippen molar-refractivity contribution in [3.8, 4) is 11.8 Å².